The molecule has 2 N–H and O–H groups in total. The van der Waals surface area contributed by atoms with Gasteiger partial charge >= 0.3 is 0 Å². The van der Waals surface area contributed by atoms with Crippen LogP contribution in [0.5, 0.6) is 11.5 Å². The zero-order valence-corrected chi connectivity index (χ0v) is 11.5. The van der Waals surface area contributed by atoms with E-state index in [9.17, 15) is 4.79 Å². The molecule has 20 heavy (non-hydrogen) atoms. The van der Waals surface area contributed by atoms with Crippen molar-refractivity contribution in [2.24, 2.45) is 5.73 Å². The lowest BCUT2D eigenvalue weighted by molar-refractivity contribution is -0.126. The van der Waals surface area contributed by atoms with Gasteiger partial charge < -0.3 is 20.1 Å². The zero-order valence-electron chi connectivity index (χ0n) is 11.5. The first-order chi connectivity index (χ1) is 9.69. The average molecular weight is 274 g/mol. The molecule has 1 saturated heterocycles. The standard InChI is InChI=1S/C15H18N2O3/c1-19-13-4-2-3-10-7-11(9-20-14(10)13)15(18)17-6-5-12(16)8-17/h2-4,7,12H,5-6,8-9,16H2,1H3/t12-/m1/s1. The summed E-state index contributed by atoms with van der Waals surface area (Å²) in [6.45, 7) is 1.63. The van der Waals surface area contributed by atoms with Gasteiger partial charge in [-0.15, -0.1) is 0 Å². The largest absolute Gasteiger partial charge is 0.493 e. The van der Waals surface area contributed by atoms with Crippen LogP contribution in [-0.2, 0) is 4.79 Å². The van der Waals surface area contributed by atoms with Crippen molar-refractivity contribution in [1.82, 2.24) is 4.90 Å². The van der Waals surface area contributed by atoms with Crippen molar-refractivity contribution in [1.29, 1.82) is 0 Å². The molecule has 5 nitrogen and oxygen atoms in total. The monoisotopic (exact) mass is 274 g/mol. The van der Waals surface area contributed by atoms with E-state index in [2.05, 4.69) is 0 Å². The lowest BCUT2D eigenvalue weighted by Crippen LogP contribution is -2.34. The Kier molecular flexibility index (Phi) is 3.36. The molecular weight excluding hydrogens is 256 g/mol. The second-order valence-corrected chi connectivity index (χ2v) is 5.14. The third-order valence-electron chi connectivity index (χ3n) is 3.72. The van der Waals surface area contributed by atoms with Crippen molar-refractivity contribution in [3.8, 4) is 11.5 Å². The summed E-state index contributed by atoms with van der Waals surface area (Å²) in [7, 11) is 1.61. The van der Waals surface area contributed by atoms with Crippen LogP contribution in [0.1, 0.15) is 12.0 Å². The van der Waals surface area contributed by atoms with Crippen LogP contribution in [0.2, 0.25) is 0 Å². The molecule has 1 aromatic carbocycles. The maximum Gasteiger partial charge on any atom is 0.253 e. The molecule has 0 bridgehead atoms. The van der Waals surface area contributed by atoms with Crippen LogP contribution in [0.3, 0.4) is 0 Å². The molecule has 0 saturated carbocycles. The minimum Gasteiger partial charge on any atom is -0.493 e. The number of amides is 1. The van der Waals surface area contributed by atoms with Crippen molar-refractivity contribution in [2.45, 2.75) is 12.5 Å². The third-order valence-corrected chi connectivity index (χ3v) is 3.72. The Labute approximate surface area is 118 Å². The van der Waals surface area contributed by atoms with Crippen LogP contribution in [0.15, 0.2) is 23.8 Å². The average Bonchev–Trinajstić information content (AvgIpc) is 2.91. The highest BCUT2D eigenvalue weighted by Crippen LogP contribution is 2.35. The second-order valence-electron chi connectivity index (χ2n) is 5.14. The van der Waals surface area contributed by atoms with Crippen LogP contribution in [0.25, 0.3) is 6.08 Å². The number of para-hydroxylation sites is 1. The summed E-state index contributed by atoms with van der Waals surface area (Å²) in [4.78, 5) is 14.2. The quantitative estimate of drug-likeness (QED) is 0.875. The summed E-state index contributed by atoms with van der Waals surface area (Å²) in [5, 5.41) is 0. The summed E-state index contributed by atoms with van der Waals surface area (Å²) < 4.78 is 10.9. The van der Waals surface area contributed by atoms with E-state index < -0.39 is 0 Å². The number of nitrogens with zero attached hydrogens (tertiary/aromatic N) is 1. The van der Waals surface area contributed by atoms with Gasteiger partial charge in [-0.3, -0.25) is 4.79 Å². The SMILES string of the molecule is COc1cccc2c1OCC(C(=O)N1CC[C@@H](N)C1)=C2. The molecule has 2 aliphatic rings. The molecule has 2 aliphatic heterocycles. The van der Waals surface area contributed by atoms with E-state index in [1.807, 2.05) is 24.3 Å². The lowest BCUT2D eigenvalue weighted by atomic mass is 10.1. The molecule has 1 amide bonds. The van der Waals surface area contributed by atoms with Crippen molar-refractivity contribution in [3.05, 3.63) is 29.3 Å². The molecule has 0 aromatic heterocycles. The Hall–Kier alpha value is -2.01. The fraction of sp³-hybridized carbons (Fsp3) is 0.400. The van der Waals surface area contributed by atoms with Gasteiger partial charge in [0.2, 0.25) is 0 Å². The normalized spacial score (nSPS) is 21.0. The highest BCUT2D eigenvalue weighted by molar-refractivity contribution is 5.99. The van der Waals surface area contributed by atoms with Crippen molar-refractivity contribution < 1.29 is 14.3 Å². The van der Waals surface area contributed by atoms with E-state index in [0.29, 0.717) is 23.6 Å². The summed E-state index contributed by atoms with van der Waals surface area (Å²) in [6, 6.07) is 5.74. The van der Waals surface area contributed by atoms with E-state index >= 15 is 0 Å². The molecule has 0 unspecified atom stereocenters. The lowest BCUT2D eigenvalue weighted by Gasteiger charge is -2.23. The number of rotatable bonds is 2. The maximum atomic E-state index is 12.4. The first-order valence-electron chi connectivity index (χ1n) is 6.74. The predicted octanol–water partition coefficient (Wildman–Crippen LogP) is 1.03. The van der Waals surface area contributed by atoms with Crippen LogP contribution in [-0.4, -0.2) is 43.7 Å². The zero-order chi connectivity index (χ0) is 14.1. The molecule has 1 atom stereocenters. The van der Waals surface area contributed by atoms with E-state index in [1.165, 1.54) is 0 Å². The molecule has 0 spiro atoms. The van der Waals surface area contributed by atoms with Crippen LogP contribution in [0.4, 0.5) is 0 Å². The predicted molar refractivity (Wildman–Crippen MR) is 75.6 cm³/mol. The fourth-order valence-corrected chi connectivity index (χ4v) is 2.64. The van der Waals surface area contributed by atoms with Gasteiger partial charge in [-0.05, 0) is 18.6 Å². The summed E-state index contributed by atoms with van der Waals surface area (Å²) in [5.74, 6) is 1.41. The van der Waals surface area contributed by atoms with E-state index in [-0.39, 0.29) is 18.6 Å². The van der Waals surface area contributed by atoms with E-state index in [4.69, 9.17) is 15.2 Å². The van der Waals surface area contributed by atoms with Gasteiger partial charge in [0.25, 0.3) is 5.91 Å². The third kappa shape index (κ3) is 2.25. The van der Waals surface area contributed by atoms with Gasteiger partial charge in [-0.1, -0.05) is 12.1 Å². The highest BCUT2D eigenvalue weighted by atomic mass is 16.5. The van der Waals surface area contributed by atoms with Crippen LogP contribution < -0.4 is 15.2 Å². The molecule has 0 aliphatic carbocycles. The van der Waals surface area contributed by atoms with E-state index in [0.717, 1.165) is 18.5 Å². The van der Waals surface area contributed by atoms with Gasteiger partial charge in [-0.2, -0.15) is 0 Å². The number of carbonyl (C=O) groups excluding carboxylic acids is 1. The Balaban J connectivity index is 1.85. The minimum absolute atomic E-state index is 0.0198. The topological polar surface area (TPSA) is 64.8 Å². The smallest absolute Gasteiger partial charge is 0.253 e. The Morgan fingerprint density at radius 2 is 2.35 bits per heavy atom. The first-order valence-corrected chi connectivity index (χ1v) is 6.74. The van der Waals surface area contributed by atoms with Crippen molar-refractivity contribution in [2.75, 3.05) is 26.8 Å². The summed E-state index contributed by atoms with van der Waals surface area (Å²) >= 11 is 0. The number of hydrogen-bond donors (Lipinski definition) is 1. The van der Waals surface area contributed by atoms with Crippen molar-refractivity contribution >= 4 is 12.0 Å². The van der Waals surface area contributed by atoms with Crippen LogP contribution >= 0.6 is 0 Å². The van der Waals surface area contributed by atoms with Gasteiger partial charge in [0, 0.05) is 24.7 Å². The number of methoxy groups -OCH3 is 1. The molecular formula is C15H18N2O3. The Bertz CT molecular complexity index is 568. The second kappa shape index (κ2) is 5.17. The number of likely N-dealkylation sites (tertiary alicyclic amines) is 1. The molecule has 1 aromatic rings. The van der Waals surface area contributed by atoms with Crippen molar-refractivity contribution in [3.63, 3.8) is 0 Å². The van der Waals surface area contributed by atoms with Gasteiger partial charge in [0.1, 0.15) is 6.61 Å². The fourth-order valence-electron chi connectivity index (χ4n) is 2.64. The molecule has 1 fully saturated rings. The Morgan fingerprint density at radius 3 is 3.05 bits per heavy atom. The summed E-state index contributed by atoms with van der Waals surface area (Å²) in [6.07, 6.45) is 2.75. The molecule has 5 heteroatoms. The maximum absolute atomic E-state index is 12.4. The van der Waals surface area contributed by atoms with E-state index in [1.54, 1.807) is 12.0 Å². The number of ether oxygens (including phenoxy) is 2. The van der Waals surface area contributed by atoms with Gasteiger partial charge in [0.15, 0.2) is 11.5 Å². The van der Waals surface area contributed by atoms with Crippen LogP contribution in [0, 0.1) is 0 Å². The number of fused-ring (bicyclic) bond motifs is 1. The first kappa shape index (κ1) is 13.0. The highest BCUT2D eigenvalue weighted by Gasteiger charge is 2.28. The number of hydrogen-bond acceptors (Lipinski definition) is 4. The minimum atomic E-state index is 0.0198. The molecule has 106 valence electrons. The van der Waals surface area contributed by atoms with Gasteiger partial charge in [0.05, 0.1) is 12.7 Å². The Morgan fingerprint density at radius 1 is 1.50 bits per heavy atom. The molecule has 3 rings (SSSR count). The summed E-state index contributed by atoms with van der Waals surface area (Å²) in [5.41, 5.74) is 7.39. The molecule has 2 heterocycles. The number of nitrogens with two attached hydrogens (primary N) is 1. The van der Waals surface area contributed by atoms with Gasteiger partial charge in [-0.25, -0.2) is 0 Å². The molecule has 0 radical (unpaired) electrons. The number of carbonyl (C=O) groups is 1. The number of benzene rings is 1.